The Morgan fingerprint density at radius 3 is 2.70 bits per heavy atom. The normalized spacial score (nSPS) is 21.3. The third-order valence-electron chi connectivity index (χ3n) is 4.56. The van der Waals surface area contributed by atoms with E-state index in [0.29, 0.717) is 12.3 Å². The van der Waals surface area contributed by atoms with Crippen LogP contribution < -0.4 is 4.72 Å². The summed E-state index contributed by atoms with van der Waals surface area (Å²) in [5, 5.41) is 1.70. The molecule has 1 aromatic rings. The Morgan fingerprint density at radius 1 is 1.39 bits per heavy atom. The minimum atomic E-state index is -3.53. The van der Waals surface area contributed by atoms with Crippen molar-refractivity contribution < 1.29 is 17.6 Å². The lowest BCUT2D eigenvalue weighted by molar-refractivity contribution is -0.141. The lowest BCUT2D eigenvalue weighted by Crippen LogP contribution is -2.62. The number of halogens is 1. The Labute approximate surface area is 139 Å². The van der Waals surface area contributed by atoms with Crippen molar-refractivity contribution in [2.24, 2.45) is 5.92 Å². The molecular formula is C15H21FN2O3S2. The van der Waals surface area contributed by atoms with E-state index < -0.39 is 22.1 Å². The molecule has 1 aromatic heterocycles. The van der Waals surface area contributed by atoms with Crippen molar-refractivity contribution in [3.8, 4) is 0 Å². The molecule has 0 aromatic carbocycles. The van der Waals surface area contributed by atoms with Gasteiger partial charge in [-0.1, -0.05) is 31.7 Å². The molecular weight excluding hydrogens is 339 g/mol. The second-order valence-electron chi connectivity index (χ2n) is 6.35. The second kappa shape index (κ2) is 6.86. The van der Waals surface area contributed by atoms with Crippen LogP contribution in [0.15, 0.2) is 21.7 Å². The summed E-state index contributed by atoms with van der Waals surface area (Å²) in [6, 6.07) is 2.88. The van der Waals surface area contributed by atoms with Gasteiger partial charge in [0.15, 0.2) is 6.17 Å². The number of alkyl halides is 1. The molecule has 1 unspecified atom stereocenters. The number of rotatable bonds is 6. The highest BCUT2D eigenvalue weighted by molar-refractivity contribution is 7.91. The van der Waals surface area contributed by atoms with Crippen molar-refractivity contribution in [3.63, 3.8) is 0 Å². The van der Waals surface area contributed by atoms with Gasteiger partial charge >= 0.3 is 0 Å². The van der Waals surface area contributed by atoms with Gasteiger partial charge in [-0.2, -0.15) is 0 Å². The van der Waals surface area contributed by atoms with Crippen LogP contribution in [-0.2, 0) is 14.8 Å². The van der Waals surface area contributed by atoms with Crippen LogP contribution in [-0.4, -0.2) is 44.5 Å². The molecule has 2 heterocycles. The van der Waals surface area contributed by atoms with Gasteiger partial charge in [0.1, 0.15) is 4.21 Å². The predicted molar refractivity (Wildman–Crippen MR) is 86.5 cm³/mol. The van der Waals surface area contributed by atoms with E-state index in [1.165, 1.54) is 11.0 Å². The molecule has 0 spiro atoms. The molecule has 1 atom stereocenters. The number of amides is 1. The van der Waals surface area contributed by atoms with Crippen molar-refractivity contribution in [1.29, 1.82) is 0 Å². The molecule has 0 bridgehead atoms. The highest BCUT2D eigenvalue weighted by Gasteiger charge is 2.37. The first kappa shape index (κ1) is 16.9. The Kier molecular flexibility index (Phi) is 5.03. The van der Waals surface area contributed by atoms with Crippen molar-refractivity contribution in [2.45, 2.75) is 48.5 Å². The molecule has 1 saturated carbocycles. The van der Waals surface area contributed by atoms with Gasteiger partial charge in [-0.15, -0.1) is 11.3 Å². The van der Waals surface area contributed by atoms with Gasteiger partial charge in [0, 0.05) is 13.1 Å². The van der Waals surface area contributed by atoms with Crippen LogP contribution in [0.2, 0.25) is 0 Å². The van der Waals surface area contributed by atoms with Gasteiger partial charge in [-0.05, 0) is 23.8 Å². The van der Waals surface area contributed by atoms with Gasteiger partial charge in [0.05, 0.1) is 6.04 Å². The van der Waals surface area contributed by atoms with Gasteiger partial charge in [-0.3, -0.25) is 4.79 Å². The lowest BCUT2D eigenvalue weighted by atomic mass is 9.99. The maximum atomic E-state index is 14.1. The maximum absolute atomic E-state index is 14.1. The minimum absolute atomic E-state index is 0.245. The van der Waals surface area contributed by atoms with E-state index in [4.69, 9.17) is 0 Å². The number of hydrogen-bond donors (Lipinski definition) is 1. The molecule has 23 heavy (non-hydrogen) atoms. The summed E-state index contributed by atoms with van der Waals surface area (Å²) in [6.45, 7) is 0.489. The fraction of sp³-hybridized carbons (Fsp3) is 0.667. The fourth-order valence-electron chi connectivity index (χ4n) is 3.26. The zero-order chi connectivity index (χ0) is 16.4. The number of nitrogens with one attached hydrogen (secondary N) is 1. The molecule has 8 heteroatoms. The summed E-state index contributed by atoms with van der Waals surface area (Å²) in [5.41, 5.74) is 0. The fourth-order valence-corrected chi connectivity index (χ4v) is 5.49. The SMILES string of the molecule is O=C(C(F)CC1CCCC1)N1CC(NS(=O)(=O)c2cccs2)C1. The Hall–Kier alpha value is -0.990. The van der Waals surface area contributed by atoms with E-state index >= 15 is 0 Å². The molecule has 1 aliphatic carbocycles. The number of hydrogen-bond acceptors (Lipinski definition) is 4. The maximum Gasteiger partial charge on any atom is 0.257 e. The molecule has 1 N–H and O–H groups in total. The van der Waals surface area contributed by atoms with Crippen molar-refractivity contribution in [2.75, 3.05) is 13.1 Å². The summed E-state index contributed by atoms with van der Waals surface area (Å²) >= 11 is 1.15. The molecule has 5 nitrogen and oxygen atoms in total. The van der Waals surface area contributed by atoms with Crippen LogP contribution in [0, 0.1) is 5.92 Å². The van der Waals surface area contributed by atoms with Crippen molar-refractivity contribution >= 4 is 27.3 Å². The van der Waals surface area contributed by atoms with Crippen LogP contribution >= 0.6 is 11.3 Å². The first-order chi connectivity index (χ1) is 11.0. The second-order valence-corrected chi connectivity index (χ2v) is 9.24. The van der Waals surface area contributed by atoms with Crippen molar-refractivity contribution in [1.82, 2.24) is 9.62 Å². The Morgan fingerprint density at radius 2 is 2.09 bits per heavy atom. The standard InChI is InChI=1S/C15H21FN2O3S2/c16-13(8-11-4-1-2-5-11)15(19)18-9-12(10-18)17-23(20,21)14-6-3-7-22-14/h3,6-7,11-13,17H,1-2,4-5,8-10H2. The van der Waals surface area contributed by atoms with E-state index in [-0.39, 0.29) is 23.3 Å². The van der Waals surface area contributed by atoms with Crippen LogP contribution in [0.4, 0.5) is 4.39 Å². The van der Waals surface area contributed by atoms with Crippen molar-refractivity contribution in [3.05, 3.63) is 17.5 Å². The monoisotopic (exact) mass is 360 g/mol. The van der Waals surface area contributed by atoms with Gasteiger partial charge in [0.2, 0.25) is 10.0 Å². The van der Waals surface area contributed by atoms with Crippen LogP contribution in [0.25, 0.3) is 0 Å². The molecule has 1 saturated heterocycles. The first-order valence-corrected chi connectivity index (χ1v) is 10.3. The van der Waals surface area contributed by atoms with Gasteiger partial charge in [-0.25, -0.2) is 17.5 Å². The molecule has 1 amide bonds. The molecule has 2 fully saturated rings. The predicted octanol–water partition coefficient (Wildman–Crippen LogP) is 2.16. The number of sulfonamides is 1. The zero-order valence-electron chi connectivity index (χ0n) is 12.8. The number of carbonyl (C=O) groups is 1. The van der Waals surface area contributed by atoms with Crippen LogP contribution in [0.3, 0.4) is 0 Å². The summed E-state index contributed by atoms with van der Waals surface area (Å²) < 4.78 is 41.0. The summed E-state index contributed by atoms with van der Waals surface area (Å²) in [7, 11) is -3.53. The average molecular weight is 360 g/mol. The third-order valence-corrected chi connectivity index (χ3v) is 7.48. The minimum Gasteiger partial charge on any atom is -0.337 e. The smallest absolute Gasteiger partial charge is 0.257 e. The van der Waals surface area contributed by atoms with Crippen LogP contribution in [0.1, 0.15) is 32.1 Å². The molecule has 0 radical (unpaired) electrons. The van der Waals surface area contributed by atoms with E-state index in [0.717, 1.165) is 37.0 Å². The highest BCUT2D eigenvalue weighted by atomic mass is 32.2. The largest absolute Gasteiger partial charge is 0.337 e. The molecule has 128 valence electrons. The topological polar surface area (TPSA) is 66.5 Å². The first-order valence-electron chi connectivity index (χ1n) is 7.94. The summed E-state index contributed by atoms with van der Waals surface area (Å²) in [6.07, 6.45) is 3.13. The summed E-state index contributed by atoms with van der Waals surface area (Å²) in [4.78, 5) is 13.4. The molecule has 3 rings (SSSR count). The van der Waals surface area contributed by atoms with E-state index in [1.807, 2.05) is 0 Å². The van der Waals surface area contributed by atoms with E-state index in [2.05, 4.69) is 4.72 Å². The van der Waals surface area contributed by atoms with Gasteiger partial charge in [0.25, 0.3) is 5.91 Å². The molecule has 2 aliphatic rings. The van der Waals surface area contributed by atoms with Gasteiger partial charge < -0.3 is 4.90 Å². The number of thiophene rings is 1. The highest BCUT2D eigenvalue weighted by Crippen LogP contribution is 2.30. The number of nitrogens with zero attached hydrogens (tertiary/aromatic N) is 1. The number of likely N-dealkylation sites (tertiary alicyclic amines) is 1. The Balaban J connectivity index is 1.46. The average Bonchev–Trinajstić information content (AvgIpc) is 3.14. The lowest BCUT2D eigenvalue weighted by Gasteiger charge is -2.40. The van der Waals surface area contributed by atoms with Crippen LogP contribution in [0.5, 0.6) is 0 Å². The van der Waals surface area contributed by atoms with E-state index in [1.54, 1.807) is 11.4 Å². The third kappa shape index (κ3) is 3.92. The quantitative estimate of drug-likeness (QED) is 0.845. The number of carbonyl (C=O) groups excluding carboxylic acids is 1. The van der Waals surface area contributed by atoms with E-state index in [9.17, 15) is 17.6 Å². The Bertz CT molecular complexity index is 636. The molecule has 1 aliphatic heterocycles. The summed E-state index contributed by atoms with van der Waals surface area (Å²) in [5.74, 6) is -0.174. The zero-order valence-corrected chi connectivity index (χ0v) is 14.4.